The first-order valence-corrected chi connectivity index (χ1v) is 8.52. The first kappa shape index (κ1) is 19.9. The molecule has 0 bridgehead atoms. The van der Waals surface area contributed by atoms with Crippen molar-refractivity contribution in [1.29, 1.82) is 0 Å². The number of ether oxygens (including phenoxy) is 2. The predicted octanol–water partition coefficient (Wildman–Crippen LogP) is -0.399. The number of aromatic nitrogens is 4. The molecule has 0 saturated carbocycles. The van der Waals surface area contributed by atoms with E-state index in [0.29, 0.717) is 17.1 Å². The highest BCUT2D eigenvalue weighted by Crippen LogP contribution is 2.22. The first-order chi connectivity index (χ1) is 13.9. The van der Waals surface area contributed by atoms with Crippen molar-refractivity contribution in [2.45, 2.75) is 6.54 Å². The number of methoxy groups -OCH3 is 2. The second-order valence-corrected chi connectivity index (χ2v) is 6.15. The van der Waals surface area contributed by atoms with E-state index in [0.717, 1.165) is 4.57 Å². The van der Waals surface area contributed by atoms with E-state index < -0.39 is 17.2 Å². The van der Waals surface area contributed by atoms with Gasteiger partial charge in [-0.3, -0.25) is 18.7 Å². The number of hydrogen-bond acceptors (Lipinski definition) is 7. The van der Waals surface area contributed by atoms with Crippen LogP contribution in [0.4, 0.5) is 0 Å². The van der Waals surface area contributed by atoms with Gasteiger partial charge in [0.15, 0.2) is 11.2 Å². The molecule has 29 heavy (non-hydrogen) atoms. The van der Waals surface area contributed by atoms with Crippen LogP contribution in [-0.2, 0) is 25.4 Å². The second-order valence-electron chi connectivity index (χ2n) is 6.15. The lowest BCUT2D eigenvalue weighted by Gasteiger charge is -2.07. The Morgan fingerprint density at radius 3 is 2.66 bits per heavy atom. The Labute approximate surface area is 164 Å². The summed E-state index contributed by atoms with van der Waals surface area (Å²) in [5.41, 5.74) is 2.38. The molecule has 11 heteroatoms. The Bertz CT molecular complexity index is 1220. The lowest BCUT2D eigenvalue weighted by Crippen LogP contribution is -2.38. The number of hydrazone groups is 1. The predicted molar refractivity (Wildman–Crippen MR) is 105 cm³/mol. The maximum Gasteiger partial charge on any atom is 0.332 e. The molecular weight excluding hydrogens is 380 g/mol. The van der Waals surface area contributed by atoms with Gasteiger partial charge in [0.1, 0.15) is 18.0 Å². The zero-order chi connectivity index (χ0) is 21.1. The van der Waals surface area contributed by atoms with Crippen LogP contribution in [0.25, 0.3) is 11.2 Å². The van der Waals surface area contributed by atoms with Crippen molar-refractivity contribution in [2.75, 3.05) is 14.2 Å². The van der Waals surface area contributed by atoms with E-state index in [-0.39, 0.29) is 17.7 Å². The SMILES string of the molecule is COc1ccc(/C=N\NC(=O)Cn2cnc3c2c(=O)n(C)c(=O)n3C)c(OC)c1. The molecule has 0 aliphatic carbocycles. The third-order valence-corrected chi connectivity index (χ3v) is 4.36. The third kappa shape index (κ3) is 3.74. The average molecular weight is 400 g/mol. The summed E-state index contributed by atoms with van der Waals surface area (Å²) in [6, 6.07) is 5.17. The number of amides is 1. The Morgan fingerprint density at radius 1 is 1.21 bits per heavy atom. The van der Waals surface area contributed by atoms with Gasteiger partial charge >= 0.3 is 5.69 Å². The number of carbonyl (C=O) groups is 1. The summed E-state index contributed by atoms with van der Waals surface area (Å²) < 4.78 is 14.0. The van der Waals surface area contributed by atoms with E-state index in [1.165, 1.54) is 42.9 Å². The molecule has 2 heterocycles. The molecule has 1 N–H and O–H groups in total. The van der Waals surface area contributed by atoms with E-state index in [2.05, 4.69) is 15.5 Å². The molecule has 0 spiro atoms. The molecular formula is C18H20N6O5. The van der Waals surface area contributed by atoms with Crippen LogP contribution in [0.2, 0.25) is 0 Å². The minimum atomic E-state index is -0.528. The van der Waals surface area contributed by atoms with E-state index in [4.69, 9.17) is 9.47 Å². The number of rotatable bonds is 6. The highest BCUT2D eigenvalue weighted by Gasteiger charge is 2.15. The molecule has 2 aromatic heterocycles. The number of fused-ring (bicyclic) bond motifs is 1. The molecule has 0 aliphatic heterocycles. The molecule has 11 nitrogen and oxygen atoms in total. The normalized spacial score (nSPS) is 11.2. The molecule has 3 aromatic rings. The lowest BCUT2D eigenvalue weighted by molar-refractivity contribution is -0.121. The Balaban J connectivity index is 1.78. The topological polar surface area (TPSA) is 122 Å². The first-order valence-electron chi connectivity index (χ1n) is 8.52. The van der Waals surface area contributed by atoms with E-state index in [1.54, 1.807) is 25.3 Å². The average Bonchev–Trinajstić information content (AvgIpc) is 3.14. The summed E-state index contributed by atoms with van der Waals surface area (Å²) in [5, 5.41) is 3.92. The summed E-state index contributed by atoms with van der Waals surface area (Å²) in [7, 11) is 5.94. The van der Waals surface area contributed by atoms with Crippen molar-refractivity contribution in [3.63, 3.8) is 0 Å². The van der Waals surface area contributed by atoms with Gasteiger partial charge in [0.25, 0.3) is 11.5 Å². The van der Waals surface area contributed by atoms with E-state index in [1.807, 2.05) is 0 Å². The molecule has 1 aromatic carbocycles. The van der Waals surface area contributed by atoms with Gasteiger partial charge in [-0.05, 0) is 12.1 Å². The molecule has 0 fully saturated rings. The van der Waals surface area contributed by atoms with Gasteiger partial charge in [-0.1, -0.05) is 0 Å². The number of nitrogens with zero attached hydrogens (tertiary/aromatic N) is 5. The van der Waals surface area contributed by atoms with Gasteiger partial charge in [0.05, 0.1) is 26.8 Å². The Morgan fingerprint density at radius 2 is 1.97 bits per heavy atom. The molecule has 1 amide bonds. The molecule has 0 radical (unpaired) electrons. The summed E-state index contributed by atoms with van der Waals surface area (Å²) in [5.74, 6) is 0.697. The van der Waals surface area contributed by atoms with Crippen LogP contribution < -0.4 is 26.1 Å². The number of carbonyl (C=O) groups excluding carboxylic acids is 1. The van der Waals surface area contributed by atoms with Gasteiger partial charge in [-0.15, -0.1) is 0 Å². The van der Waals surface area contributed by atoms with E-state index in [9.17, 15) is 14.4 Å². The number of benzene rings is 1. The summed E-state index contributed by atoms with van der Waals surface area (Å²) >= 11 is 0. The van der Waals surface area contributed by atoms with Crippen molar-refractivity contribution in [3.05, 3.63) is 50.9 Å². The lowest BCUT2D eigenvalue weighted by atomic mass is 10.2. The maximum atomic E-state index is 12.4. The van der Waals surface area contributed by atoms with Gasteiger partial charge in [0.2, 0.25) is 0 Å². The molecule has 3 rings (SSSR count). The molecule has 0 saturated heterocycles. The maximum absolute atomic E-state index is 12.4. The minimum absolute atomic E-state index is 0.158. The molecule has 0 atom stereocenters. The monoisotopic (exact) mass is 400 g/mol. The van der Waals surface area contributed by atoms with Gasteiger partial charge in [-0.25, -0.2) is 15.2 Å². The van der Waals surface area contributed by atoms with Crippen molar-refractivity contribution < 1.29 is 14.3 Å². The van der Waals surface area contributed by atoms with Crippen LogP contribution in [0, 0.1) is 0 Å². The number of imidazole rings is 1. The highest BCUT2D eigenvalue weighted by molar-refractivity contribution is 5.86. The van der Waals surface area contributed by atoms with Gasteiger partial charge in [-0.2, -0.15) is 5.10 Å². The smallest absolute Gasteiger partial charge is 0.332 e. The van der Waals surface area contributed by atoms with Crippen LogP contribution in [0.5, 0.6) is 11.5 Å². The number of hydrogen-bond donors (Lipinski definition) is 1. The van der Waals surface area contributed by atoms with Crippen LogP contribution in [0.15, 0.2) is 39.2 Å². The van der Waals surface area contributed by atoms with Crippen LogP contribution in [-0.4, -0.2) is 45.0 Å². The molecule has 0 aliphatic rings. The molecule has 0 unspecified atom stereocenters. The van der Waals surface area contributed by atoms with Crippen molar-refractivity contribution in [3.8, 4) is 11.5 Å². The minimum Gasteiger partial charge on any atom is -0.497 e. The van der Waals surface area contributed by atoms with Crippen molar-refractivity contribution >= 4 is 23.3 Å². The van der Waals surface area contributed by atoms with Crippen LogP contribution in [0.1, 0.15) is 5.56 Å². The summed E-state index contributed by atoms with van der Waals surface area (Å²) in [6.07, 6.45) is 2.77. The fourth-order valence-corrected chi connectivity index (χ4v) is 2.81. The fraction of sp³-hybridized carbons (Fsp3) is 0.278. The van der Waals surface area contributed by atoms with Crippen LogP contribution >= 0.6 is 0 Å². The largest absolute Gasteiger partial charge is 0.497 e. The zero-order valence-corrected chi connectivity index (χ0v) is 16.4. The zero-order valence-electron chi connectivity index (χ0n) is 16.4. The second kappa shape index (κ2) is 8.00. The number of aryl methyl sites for hydroxylation is 1. The number of nitrogens with one attached hydrogen (secondary N) is 1. The van der Waals surface area contributed by atoms with Gasteiger partial charge in [0, 0.05) is 25.7 Å². The fourth-order valence-electron chi connectivity index (χ4n) is 2.81. The quantitative estimate of drug-likeness (QED) is 0.444. The van der Waals surface area contributed by atoms with Crippen molar-refractivity contribution in [2.24, 2.45) is 19.2 Å². The standard InChI is InChI=1S/C18H20N6O5/c1-22-16-15(17(26)23(2)18(22)27)24(10-19-16)9-14(25)21-20-8-11-5-6-12(28-3)7-13(11)29-4/h5-8,10H,9H2,1-4H3,(H,21,25)/b20-8-. The Hall–Kier alpha value is -3.89. The summed E-state index contributed by atoms with van der Waals surface area (Å²) in [6.45, 7) is -0.193. The highest BCUT2D eigenvalue weighted by atomic mass is 16.5. The van der Waals surface area contributed by atoms with Gasteiger partial charge < -0.3 is 14.0 Å². The Kier molecular flexibility index (Phi) is 5.48. The van der Waals surface area contributed by atoms with Crippen LogP contribution in [0.3, 0.4) is 0 Å². The third-order valence-electron chi connectivity index (χ3n) is 4.36. The molecule has 152 valence electrons. The summed E-state index contributed by atoms with van der Waals surface area (Å²) in [4.78, 5) is 40.7. The van der Waals surface area contributed by atoms with E-state index >= 15 is 0 Å². The van der Waals surface area contributed by atoms with Crippen molar-refractivity contribution in [1.82, 2.24) is 24.1 Å².